The van der Waals surface area contributed by atoms with Crippen molar-refractivity contribution in [2.75, 3.05) is 0 Å². The Labute approximate surface area is 95.0 Å². The van der Waals surface area contributed by atoms with Gasteiger partial charge < -0.3 is 0 Å². The molecule has 2 aromatic rings. The van der Waals surface area contributed by atoms with Crippen molar-refractivity contribution in [3.8, 4) is 0 Å². The van der Waals surface area contributed by atoms with Gasteiger partial charge in [-0.1, -0.05) is 23.8 Å². The van der Waals surface area contributed by atoms with Crippen LogP contribution in [0.25, 0.3) is 0 Å². The number of hydrogen-bond donors (Lipinski definition) is 0. The number of carbonyl (C=O) groups excluding carboxylic acids is 1. The second-order valence-corrected chi connectivity index (χ2v) is 3.89. The van der Waals surface area contributed by atoms with E-state index in [1.54, 1.807) is 18.5 Å². The molecule has 0 amide bonds. The predicted octanol–water partition coefficient (Wildman–Crippen LogP) is 2.93. The zero-order valence-corrected chi connectivity index (χ0v) is 9.40. The Bertz CT molecular complexity index is 532. The van der Waals surface area contributed by atoms with E-state index < -0.39 is 0 Å². The van der Waals surface area contributed by atoms with Crippen LogP contribution >= 0.6 is 0 Å². The molecule has 0 N–H and O–H groups in total. The monoisotopic (exact) mass is 211 g/mol. The van der Waals surface area contributed by atoms with Gasteiger partial charge in [-0.2, -0.15) is 0 Å². The number of hydrogen-bond acceptors (Lipinski definition) is 2. The Hall–Kier alpha value is -1.96. The van der Waals surface area contributed by atoms with Gasteiger partial charge in [-0.15, -0.1) is 0 Å². The van der Waals surface area contributed by atoms with E-state index in [1.807, 2.05) is 38.1 Å². The fourth-order valence-corrected chi connectivity index (χ4v) is 1.67. The molecular formula is C14H13NO. The molecule has 2 nitrogen and oxygen atoms in total. The van der Waals surface area contributed by atoms with Crippen molar-refractivity contribution in [1.29, 1.82) is 0 Å². The number of aryl methyl sites for hydroxylation is 2. The van der Waals surface area contributed by atoms with Gasteiger partial charge in [0, 0.05) is 23.5 Å². The van der Waals surface area contributed by atoms with Crippen LogP contribution in [0, 0.1) is 13.8 Å². The first-order chi connectivity index (χ1) is 7.68. The van der Waals surface area contributed by atoms with Crippen LogP contribution in [0.4, 0.5) is 0 Å². The summed E-state index contributed by atoms with van der Waals surface area (Å²) >= 11 is 0. The Balaban J connectivity index is 2.44. The number of ketones is 1. The SMILES string of the molecule is Cc1cccc(C(=O)c2ccncc2C)c1. The van der Waals surface area contributed by atoms with E-state index in [4.69, 9.17) is 0 Å². The largest absolute Gasteiger partial charge is 0.289 e. The zero-order chi connectivity index (χ0) is 11.5. The maximum Gasteiger partial charge on any atom is 0.193 e. The number of rotatable bonds is 2. The van der Waals surface area contributed by atoms with Crippen LogP contribution in [0.15, 0.2) is 42.7 Å². The standard InChI is InChI=1S/C14H13NO/c1-10-4-3-5-12(8-10)14(16)13-6-7-15-9-11(13)2/h3-9H,1-2H3. The predicted molar refractivity (Wildman–Crippen MR) is 63.6 cm³/mol. The van der Waals surface area contributed by atoms with Gasteiger partial charge in [-0.25, -0.2) is 0 Å². The van der Waals surface area contributed by atoms with Crippen LogP contribution < -0.4 is 0 Å². The first kappa shape index (κ1) is 10.6. The van der Waals surface area contributed by atoms with Crippen LogP contribution in [-0.2, 0) is 0 Å². The minimum atomic E-state index is 0.0589. The molecule has 0 radical (unpaired) electrons. The summed E-state index contributed by atoms with van der Waals surface area (Å²) in [7, 11) is 0. The molecule has 0 spiro atoms. The summed E-state index contributed by atoms with van der Waals surface area (Å²) in [5, 5.41) is 0. The van der Waals surface area contributed by atoms with Crippen LogP contribution in [-0.4, -0.2) is 10.8 Å². The summed E-state index contributed by atoms with van der Waals surface area (Å²) in [5.41, 5.74) is 3.46. The summed E-state index contributed by atoms with van der Waals surface area (Å²) in [6, 6.07) is 9.40. The van der Waals surface area contributed by atoms with E-state index in [1.165, 1.54) is 0 Å². The average molecular weight is 211 g/mol. The van der Waals surface area contributed by atoms with Crippen molar-refractivity contribution < 1.29 is 4.79 Å². The van der Waals surface area contributed by atoms with Crippen molar-refractivity contribution in [1.82, 2.24) is 4.98 Å². The lowest BCUT2D eigenvalue weighted by Gasteiger charge is -2.04. The third kappa shape index (κ3) is 2.01. The molecular weight excluding hydrogens is 198 g/mol. The first-order valence-electron chi connectivity index (χ1n) is 5.20. The van der Waals surface area contributed by atoms with E-state index in [0.29, 0.717) is 0 Å². The normalized spacial score (nSPS) is 10.1. The molecule has 1 heterocycles. The molecule has 0 atom stereocenters. The van der Waals surface area contributed by atoms with Gasteiger partial charge in [0.15, 0.2) is 5.78 Å². The van der Waals surface area contributed by atoms with E-state index in [0.717, 1.165) is 22.3 Å². The highest BCUT2D eigenvalue weighted by atomic mass is 16.1. The molecule has 0 aliphatic carbocycles. The molecule has 0 bridgehead atoms. The fraction of sp³-hybridized carbons (Fsp3) is 0.143. The van der Waals surface area contributed by atoms with Crippen LogP contribution in [0.2, 0.25) is 0 Å². The molecule has 16 heavy (non-hydrogen) atoms. The van der Waals surface area contributed by atoms with Crippen LogP contribution in [0.1, 0.15) is 27.0 Å². The molecule has 0 unspecified atom stereocenters. The Morgan fingerprint density at radius 3 is 2.69 bits per heavy atom. The zero-order valence-electron chi connectivity index (χ0n) is 9.40. The van der Waals surface area contributed by atoms with Gasteiger partial charge >= 0.3 is 0 Å². The molecule has 0 aliphatic heterocycles. The molecule has 2 rings (SSSR count). The molecule has 1 aromatic carbocycles. The second-order valence-electron chi connectivity index (χ2n) is 3.89. The summed E-state index contributed by atoms with van der Waals surface area (Å²) in [6.45, 7) is 3.88. The summed E-state index contributed by atoms with van der Waals surface area (Å²) in [4.78, 5) is 16.2. The maximum atomic E-state index is 12.2. The lowest BCUT2D eigenvalue weighted by molar-refractivity contribution is 0.103. The molecule has 80 valence electrons. The molecule has 0 aliphatic rings. The van der Waals surface area contributed by atoms with Crippen molar-refractivity contribution in [2.24, 2.45) is 0 Å². The summed E-state index contributed by atoms with van der Waals surface area (Å²) in [6.07, 6.45) is 3.36. The Morgan fingerprint density at radius 1 is 1.19 bits per heavy atom. The quantitative estimate of drug-likeness (QED) is 0.715. The minimum absolute atomic E-state index is 0.0589. The third-order valence-electron chi connectivity index (χ3n) is 2.55. The van der Waals surface area contributed by atoms with Crippen molar-refractivity contribution in [3.63, 3.8) is 0 Å². The minimum Gasteiger partial charge on any atom is -0.289 e. The van der Waals surface area contributed by atoms with E-state index in [-0.39, 0.29) is 5.78 Å². The van der Waals surface area contributed by atoms with E-state index in [2.05, 4.69) is 4.98 Å². The first-order valence-corrected chi connectivity index (χ1v) is 5.20. The van der Waals surface area contributed by atoms with Crippen molar-refractivity contribution in [2.45, 2.75) is 13.8 Å². The van der Waals surface area contributed by atoms with Gasteiger partial charge in [0.25, 0.3) is 0 Å². The van der Waals surface area contributed by atoms with Gasteiger partial charge in [0.2, 0.25) is 0 Å². The van der Waals surface area contributed by atoms with Crippen LogP contribution in [0.3, 0.4) is 0 Å². The number of pyridine rings is 1. The smallest absolute Gasteiger partial charge is 0.193 e. The topological polar surface area (TPSA) is 30.0 Å². The maximum absolute atomic E-state index is 12.2. The van der Waals surface area contributed by atoms with Crippen molar-refractivity contribution in [3.05, 3.63) is 65.0 Å². The number of aromatic nitrogens is 1. The lowest BCUT2D eigenvalue weighted by Crippen LogP contribution is -2.04. The fourth-order valence-electron chi connectivity index (χ4n) is 1.67. The summed E-state index contributed by atoms with van der Waals surface area (Å²) in [5.74, 6) is 0.0589. The highest BCUT2D eigenvalue weighted by molar-refractivity contribution is 6.09. The molecule has 0 saturated heterocycles. The highest BCUT2D eigenvalue weighted by Crippen LogP contribution is 2.13. The Kier molecular flexibility index (Phi) is 2.82. The van der Waals surface area contributed by atoms with E-state index in [9.17, 15) is 4.79 Å². The van der Waals surface area contributed by atoms with Gasteiger partial charge in [0.05, 0.1) is 0 Å². The summed E-state index contributed by atoms with van der Waals surface area (Å²) < 4.78 is 0. The number of nitrogens with zero attached hydrogens (tertiary/aromatic N) is 1. The van der Waals surface area contributed by atoms with Gasteiger partial charge in [-0.05, 0) is 31.5 Å². The number of benzene rings is 1. The molecule has 2 heteroatoms. The molecule has 0 fully saturated rings. The molecule has 0 saturated carbocycles. The molecule has 1 aromatic heterocycles. The average Bonchev–Trinajstić information content (AvgIpc) is 2.29. The van der Waals surface area contributed by atoms with Crippen LogP contribution in [0.5, 0.6) is 0 Å². The third-order valence-corrected chi connectivity index (χ3v) is 2.55. The Morgan fingerprint density at radius 2 is 2.00 bits per heavy atom. The van der Waals surface area contributed by atoms with Gasteiger partial charge in [0.1, 0.15) is 0 Å². The van der Waals surface area contributed by atoms with Crippen molar-refractivity contribution >= 4 is 5.78 Å². The number of carbonyl (C=O) groups is 1. The van der Waals surface area contributed by atoms with E-state index >= 15 is 0 Å². The van der Waals surface area contributed by atoms with Gasteiger partial charge in [-0.3, -0.25) is 9.78 Å². The lowest BCUT2D eigenvalue weighted by atomic mass is 10.00. The second kappa shape index (κ2) is 4.27. The highest BCUT2D eigenvalue weighted by Gasteiger charge is 2.10.